The monoisotopic (exact) mass is 454 g/mol. The minimum atomic E-state index is -3.73. The Morgan fingerprint density at radius 3 is 2.77 bits per heavy atom. The molecule has 0 amide bonds. The third kappa shape index (κ3) is 3.37. The van der Waals surface area contributed by atoms with Crippen LogP contribution in [0.1, 0.15) is 24.3 Å². The summed E-state index contributed by atoms with van der Waals surface area (Å²) in [5.41, 5.74) is 1.38. The van der Waals surface area contributed by atoms with Gasteiger partial charge in [-0.15, -0.1) is 11.3 Å². The minimum absolute atomic E-state index is 0.0363. The van der Waals surface area contributed by atoms with E-state index in [4.69, 9.17) is 0 Å². The molecular weight excluding hydrogens is 432 g/mol. The molecule has 0 bridgehead atoms. The molecule has 0 aliphatic carbocycles. The Morgan fingerprint density at radius 2 is 1.97 bits per heavy atom. The lowest BCUT2D eigenvalue weighted by Crippen LogP contribution is -2.36. The molecule has 0 N–H and O–H groups in total. The molecule has 4 aromatic rings. The first kappa shape index (κ1) is 20.3. The summed E-state index contributed by atoms with van der Waals surface area (Å²) in [4.78, 5) is 23.6. The van der Waals surface area contributed by atoms with Crippen LogP contribution in [0, 0.1) is 5.92 Å². The standard InChI is InChI=1S/C22H22N4O3S2/c1-14(2)11-25-13-24-21-19(22(25)27)16-8-10-26(12-17(16)30-21)31(28,29)18-7-3-5-15-6-4-9-23-20(15)18/h3-7,9,13-14H,8,10-12H2,1-2H3. The number of rotatable bonds is 4. The number of para-hydroxylation sites is 1. The van der Waals surface area contributed by atoms with E-state index in [-0.39, 0.29) is 17.0 Å². The lowest BCUT2D eigenvalue weighted by molar-refractivity contribution is 0.397. The molecule has 0 fully saturated rings. The fourth-order valence-corrected chi connectivity index (χ4v) is 7.00. The van der Waals surface area contributed by atoms with Crippen LogP contribution >= 0.6 is 11.3 Å². The van der Waals surface area contributed by atoms with E-state index in [0.29, 0.717) is 41.2 Å². The van der Waals surface area contributed by atoms with Crippen LogP contribution in [0.4, 0.5) is 0 Å². The van der Waals surface area contributed by atoms with E-state index in [0.717, 1.165) is 15.8 Å². The van der Waals surface area contributed by atoms with Crippen molar-refractivity contribution in [2.24, 2.45) is 5.92 Å². The van der Waals surface area contributed by atoms with Gasteiger partial charge in [-0.05, 0) is 30.0 Å². The molecule has 7 nitrogen and oxygen atoms in total. The number of benzene rings is 1. The van der Waals surface area contributed by atoms with Crippen molar-refractivity contribution in [2.75, 3.05) is 6.54 Å². The van der Waals surface area contributed by atoms with Crippen LogP contribution in [0.25, 0.3) is 21.1 Å². The van der Waals surface area contributed by atoms with E-state index in [1.165, 1.54) is 15.6 Å². The lowest BCUT2D eigenvalue weighted by atomic mass is 10.1. The number of fused-ring (bicyclic) bond motifs is 4. The highest BCUT2D eigenvalue weighted by Crippen LogP contribution is 2.35. The van der Waals surface area contributed by atoms with Crippen molar-refractivity contribution in [2.45, 2.75) is 38.3 Å². The molecule has 1 aliphatic rings. The van der Waals surface area contributed by atoms with E-state index in [9.17, 15) is 13.2 Å². The molecule has 0 atom stereocenters. The normalized spacial score (nSPS) is 15.1. The van der Waals surface area contributed by atoms with Crippen molar-refractivity contribution in [3.05, 3.63) is 63.7 Å². The number of hydrogen-bond donors (Lipinski definition) is 0. The second kappa shape index (κ2) is 7.51. The number of nitrogens with zero attached hydrogens (tertiary/aromatic N) is 4. The highest BCUT2D eigenvalue weighted by Gasteiger charge is 2.32. The van der Waals surface area contributed by atoms with Crippen molar-refractivity contribution in [3.8, 4) is 0 Å². The van der Waals surface area contributed by atoms with E-state index in [1.807, 2.05) is 12.1 Å². The quantitative estimate of drug-likeness (QED) is 0.472. The lowest BCUT2D eigenvalue weighted by Gasteiger charge is -2.26. The zero-order valence-electron chi connectivity index (χ0n) is 17.3. The average Bonchev–Trinajstić information content (AvgIpc) is 3.13. The van der Waals surface area contributed by atoms with Crippen LogP contribution in [0.2, 0.25) is 0 Å². The van der Waals surface area contributed by atoms with E-state index >= 15 is 0 Å². The van der Waals surface area contributed by atoms with Gasteiger partial charge in [0, 0.05) is 36.1 Å². The van der Waals surface area contributed by atoms with Gasteiger partial charge in [-0.2, -0.15) is 4.31 Å². The molecule has 0 saturated carbocycles. The number of hydrogen-bond acceptors (Lipinski definition) is 6. The molecule has 5 rings (SSSR count). The maximum Gasteiger partial charge on any atom is 0.262 e. The minimum Gasteiger partial charge on any atom is -0.298 e. The summed E-state index contributed by atoms with van der Waals surface area (Å²) < 4.78 is 30.1. The summed E-state index contributed by atoms with van der Waals surface area (Å²) in [5.74, 6) is 0.335. The molecule has 0 unspecified atom stereocenters. The molecule has 0 saturated heterocycles. The van der Waals surface area contributed by atoms with Crippen LogP contribution in [0.3, 0.4) is 0 Å². The Balaban J connectivity index is 1.55. The van der Waals surface area contributed by atoms with Crippen molar-refractivity contribution in [1.82, 2.24) is 18.8 Å². The first-order valence-corrected chi connectivity index (χ1v) is 12.5. The van der Waals surface area contributed by atoms with Crippen molar-refractivity contribution in [1.29, 1.82) is 0 Å². The number of aromatic nitrogens is 3. The Bertz CT molecular complexity index is 1470. The summed E-state index contributed by atoms with van der Waals surface area (Å²) in [6.45, 7) is 5.30. The van der Waals surface area contributed by atoms with E-state index in [2.05, 4.69) is 23.8 Å². The predicted octanol–water partition coefficient (Wildman–Crippen LogP) is 3.41. The topological polar surface area (TPSA) is 85.2 Å². The van der Waals surface area contributed by atoms with Gasteiger partial charge in [-0.25, -0.2) is 13.4 Å². The van der Waals surface area contributed by atoms with Crippen molar-refractivity contribution in [3.63, 3.8) is 0 Å². The van der Waals surface area contributed by atoms with E-state index in [1.54, 1.807) is 35.3 Å². The summed E-state index contributed by atoms with van der Waals surface area (Å²) in [7, 11) is -3.73. The first-order chi connectivity index (χ1) is 14.9. The highest BCUT2D eigenvalue weighted by atomic mass is 32.2. The van der Waals surface area contributed by atoms with Gasteiger partial charge in [0.05, 0.1) is 17.2 Å². The molecular formula is C22H22N4O3S2. The Kier molecular flexibility index (Phi) is 4.91. The molecule has 31 heavy (non-hydrogen) atoms. The second-order valence-electron chi connectivity index (χ2n) is 8.20. The second-order valence-corrected chi connectivity index (χ2v) is 11.2. The molecule has 1 aromatic carbocycles. The number of thiophene rings is 1. The van der Waals surface area contributed by atoms with Crippen LogP contribution in [-0.4, -0.2) is 33.8 Å². The van der Waals surface area contributed by atoms with Crippen LogP contribution in [0.5, 0.6) is 0 Å². The van der Waals surface area contributed by atoms with Gasteiger partial charge in [-0.3, -0.25) is 14.3 Å². The molecule has 160 valence electrons. The van der Waals surface area contributed by atoms with Gasteiger partial charge in [-0.1, -0.05) is 32.0 Å². The van der Waals surface area contributed by atoms with Gasteiger partial charge in [0.15, 0.2) is 0 Å². The zero-order chi connectivity index (χ0) is 21.8. The van der Waals surface area contributed by atoms with Gasteiger partial charge >= 0.3 is 0 Å². The largest absolute Gasteiger partial charge is 0.298 e. The average molecular weight is 455 g/mol. The summed E-state index contributed by atoms with van der Waals surface area (Å²) >= 11 is 1.41. The van der Waals surface area contributed by atoms with Crippen LogP contribution < -0.4 is 5.56 Å². The maximum atomic E-state index is 13.5. The molecule has 4 heterocycles. The number of sulfonamides is 1. The Morgan fingerprint density at radius 1 is 1.16 bits per heavy atom. The SMILES string of the molecule is CC(C)Cn1cnc2sc3c(c2c1=O)CCN(S(=O)(=O)c1cccc2cccnc12)C3. The van der Waals surface area contributed by atoms with Gasteiger partial charge in [0.1, 0.15) is 9.73 Å². The van der Waals surface area contributed by atoms with Crippen LogP contribution in [-0.2, 0) is 29.5 Å². The summed E-state index contributed by atoms with van der Waals surface area (Å²) in [6.07, 6.45) is 3.70. The fraction of sp³-hybridized carbons (Fsp3) is 0.318. The highest BCUT2D eigenvalue weighted by molar-refractivity contribution is 7.89. The smallest absolute Gasteiger partial charge is 0.262 e. The van der Waals surface area contributed by atoms with Gasteiger partial charge in [0.2, 0.25) is 10.0 Å². The summed E-state index contributed by atoms with van der Waals surface area (Å²) in [6, 6.07) is 8.86. The zero-order valence-corrected chi connectivity index (χ0v) is 18.9. The van der Waals surface area contributed by atoms with Crippen LogP contribution in [0.15, 0.2) is 52.5 Å². The third-order valence-corrected chi connectivity index (χ3v) is 8.57. The van der Waals surface area contributed by atoms with Gasteiger partial charge in [0.25, 0.3) is 5.56 Å². The molecule has 3 aromatic heterocycles. The summed E-state index contributed by atoms with van der Waals surface area (Å²) in [5, 5.41) is 1.44. The Labute approximate surface area is 184 Å². The third-order valence-electron chi connectivity index (χ3n) is 5.57. The molecule has 9 heteroatoms. The molecule has 1 aliphatic heterocycles. The van der Waals surface area contributed by atoms with Gasteiger partial charge < -0.3 is 0 Å². The van der Waals surface area contributed by atoms with E-state index < -0.39 is 10.0 Å². The predicted molar refractivity (Wildman–Crippen MR) is 122 cm³/mol. The molecule has 0 spiro atoms. The first-order valence-electron chi connectivity index (χ1n) is 10.2. The molecule has 0 radical (unpaired) electrons. The van der Waals surface area contributed by atoms with Crippen molar-refractivity contribution < 1.29 is 8.42 Å². The fourth-order valence-electron chi connectivity index (χ4n) is 4.15. The number of pyridine rings is 1. The van der Waals surface area contributed by atoms with Crippen molar-refractivity contribution >= 4 is 42.5 Å². The Hall–Kier alpha value is -2.62. The maximum absolute atomic E-state index is 13.5.